The van der Waals surface area contributed by atoms with Gasteiger partial charge in [0, 0.05) is 19.9 Å². The van der Waals surface area contributed by atoms with Crippen molar-refractivity contribution in [1.29, 1.82) is 0 Å². The zero-order valence-electron chi connectivity index (χ0n) is 20.6. The lowest BCUT2D eigenvalue weighted by Gasteiger charge is -2.25. The Morgan fingerprint density at radius 2 is 1.59 bits per heavy atom. The van der Waals surface area contributed by atoms with Gasteiger partial charge in [-0.15, -0.1) is 0 Å². The summed E-state index contributed by atoms with van der Waals surface area (Å²) in [4.78, 5) is 63.3. The molecule has 0 spiro atoms. The molecular weight excluding hydrogens is 444 g/mol. The average molecular weight is 483 g/mol. The Hall–Kier alpha value is -3.11. The monoisotopic (exact) mass is 482 g/mol. The number of rotatable bonds is 16. The van der Waals surface area contributed by atoms with Gasteiger partial charge in [-0.1, -0.05) is 13.8 Å². The lowest BCUT2D eigenvalue weighted by Crippen LogP contribution is -2.55. The summed E-state index contributed by atoms with van der Waals surface area (Å²) >= 11 is 0. The van der Waals surface area contributed by atoms with Crippen LogP contribution in [0.1, 0.15) is 66.7 Å². The highest BCUT2D eigenvalue weighted by molar-refractivity contribution is 6.25. The highest BCUT2D eigenvalue weighted by Crippen LogP contribution is 2.08. The molecule has 0 aliphatic rings. The molecule has 0 aromatic heterocycles. The lowest BCUT2D eigenvalue weighted by atomic mass is 10.0. The quantitative estimate of drug-likeness (QED) is 0.0771. The van der Waals surface area contributed by atoms with E-state index in [4.69, 9.17) is 16.0 Å². The maximum atomic E-state index is 13.0. The first-order valence-electron chi connectivity index (χ1n) is 11.4. The third-order valence-electron chi connectivity index (χ3n) is 4.78. The molecule has 3 atom stereocenters. The van der Waals surface area contributed by atoms with Gasteiger partial charge in [0.15, 0.2) is 0 Å². The van der Waals surface area contributed by atoms with Crippen LogP contribution in [0.3, 0.4) is 0 Å². The fourth-order valence-corrected chi connectivity index (χ4v) is 2.83. The number of ether oxygens (including phenoxy) is 1. The number of carbonyl (C=O) groups excluding carboxylic acids is 5. The van der Waals surface area contributed by atoms with Crippen LogP contribution >= 0.6 is 0 Å². The third-order valence-corrected chi connectivity index (χ3v) is 4.78. The highest BCUT2D eigenvalue weighted by atomic mass is 16.5. The van der Waals surface area contributed by atoms with E-state index in [9.17, 15) is 24.0 Å². The van der Waals surface area contributed by atoms with E-state index in [0.29, 0.717) is 25.6 Å². The number of amides is 3. The molecule has 12 nitrogen and oxygen atoms in total. The smallest absolute Gasteiger partial charge is 0.328 e. The Bertz CT molecular complexity index is 763. The van der Waals surface area contributed by atoms with Gasteiger partial charge in [0.25, 0.3) is 0 Å². The van der Waals surface area contributed by atoms with Crippen LogP contribution in [0.25, 0.3) is 5.53 Å². The van der Waals surface area contributed by atoms with Crippen LogP contribution in [-0.2, 0) is 28.7 Å². The highest BCUT2D eigenvalue weighted by Gasteiger charge is 2.30. The van der Waals surface area contributed by atoms with Crippen molar-refractivity contribution in [3.05, 3.63) is 5.53 Å². The predicted octanol–water partition coefficient (Wildman–Crippen LogP) is -0.153. The number of esters is 1. The van der Waals surface area contributed by atoms with Gasteiger partial charge in [-0.25, -0.2) is 4.79 Å². The van der Waals surface area contributed by atoms with Crippen molar-refractivity contribution in [3.63, 3.8) is 0 Å². The molecular formula is C22H38N6O6. The molecule has 0 radical (unpaired) electrons. The summed E-state index contributed by atoms with van der Waals surface area (Å²) in [7, 11) is 0. The molecule has 192 valence electrons. The lowest BCUT2D eigenvalue weighted by molar-refractivity contribution is -0.152. The Balaban J connectivity index is 5.42. The second kappa shape index (κ2) is 16.5. The van der Waals surface area contributed by atoms with E-state index in [0.717, 1.165) is 0 Å². The molecule has 0 aliphatic carbocycles. The molecule has 34 heavy (non-hydrogen) atoms. The van der Waals surface area contributed by atoms with Crippen LogP contribution in [0, 0.1) is 5.92 Å². The summed E-state index contributed by atoms with van der Waals surface area (Å²) in [5.41, 5.74) is 14.4. The number of Topliss-reactive ketones (excluding diaryl/α,β-unsaturated/α-hetero) is 1. The molecule has 3 amide bonds. The van der Waals surface area contributed by atoms with Gasteiger partial charge in [-0.3, -0.25) is 19.2 Å². The average Bonchev–Trinajstić information content (AvgIpc) is 2.73. The summed E-state index contributed by atoms with van der Waals surface area (Å²) < 4.78 is 5.18. The zero-order chi connectivity index (χ0) is 26.3. The molecule has 0 aliphatic heterocycles. The number of nitrogens with one attached hydrogen (secondary N) is 3. The Morgan fingerprint density at radius 1 is 0.971 bits per heavy atom. The normalized spacial score (nSPS) is 13.3. The van der Waals surface area contributed by atoms with Crippen LogP contribution in [0.2, 0.25) is 0 Å². The number of hydrogen-bond donors (Lipinski definition) is 4. The van der Waals surface area contributed by atoms with E-state index in [2.05, 4.69) is 20.7 Å². The fourth-order valence-electron chi connectivity index (χ4n) is 2.83. The second-order valence-electron chi connectivity index (χ2n) is 8.61. The van der Waals surface area contributed by atoms with Gasteiger partial charge in [-0.05, 0) is 45.4 Å². The fraction of sp³-hybridized carbons (Fsp3) is 0.727. The molecule has 0 unspecified atom stereocenters. The minimum Gasteiger partial charge on any atom is -0.461 e. The van der Waals surface area contributed by atoms with E-state index in [1.54, 1.807) is 27.7 Å². The number of carbonyl (C=O) groups is 5. The molecule has 5 N–H and O–H groups in total. The number of ketones is 1. The molecule has 0 saturated heterocycles. The Labute approximate surface area is 200 Å². The summed E-state index contributed by atoms with van der Waals surface area (Å²) in [5, 5.41) is 7.84. The number of nitrogens with two attached hydrogens (primary N) is 1. The molecule has 0 fully saturated rings. The van der Waals surface area contributed by atoms with E-state index in [1.807, 2.05) is 0 Å². The van der Waals surface area contributed by atoms with Crippen LogP contribution in [0.15, 0.2) is 0 Å². The first-order chi connectivity index (χ1) is 15.9. The van der Waals surface area contributed by atoms with Gasteiger partial charge in [0.2, 0.25) is 23.5 Å². The summed E-state index contributed by atoms with van der Waals surface area (Å²) in [6.07, 6.45) is 1.31. The Morgan fingerprint density at radius 3 is 2.12 bits per heavy atom. The minimum absolute atomic E-state index is 0.0865. The van der Waals surface area contributed by atoms with Crippen molar-refractivity contribution < 1.29 is 33.5 Å². The first-order valence-corrected chi connectivity index (χ1v) is 11.4. The molecule has 12 heteroatoms. The van der Waals surface area contributed by atoms with Crippen molar-refractivity contribution >= 4 is 35.7 Å². The predicted molar refractivity (Wildman–Crippen MR) is 124 cm³/mol. The van der Waals surface area contributed by atoms with Crippen molar-refractivity contribution in [2.75, 3.05) is 6.54 Å². The molecule has 0 bridgehead atoms. The van der Waals surface area contributed by atoms with Crippen molar-refractivity contribution in [1.82, 2.24) is 16.0 Å². The molecule has 0 saturated carbocycles. The first kappa shape index (κ1) is 30.9. The number of nitrogens with zero attached hydrogens (tertiary/aromatic N) is 2. The minimum atomic E-state index is -1.15. The third kappa shape index (κ3) is 13.4. The van der Waals surface area contributed by atoms with E-state index < -0.39 is 47.8 Å². The number of hydrogen-bond acceptors (Lipinski definition) is 7. The number of unbranched alkanes of at least 4 members (excludes halogenated alkanes) is 1. The van der Waals surface area contributed by atoms with Crippen LogP contribution in [-0.4, -0.2) is 71.3 Å². The van der Waals surface area contributed by atoms with Crippen LogP contribution < -0.4 is 21.7 Å². The topological polar surface area (TPSA) is 193 Å². The van der Waals surface area contributed by atoms with Gasteiger partial charge in [-0.2, -0.15) is 4.79 Å². The molecule has 0 aromatic rings. The van der Waals surface area contributed by atoms with Crippen LogP contribution in [0.4, 0.5) is 0 Å². The molecule has 0 heterocycles. The van der Waals surface area contributed by atoms with Crippen molar-refractivity contribution in [2.24, 2.45) is 11.7 Å². The second-order valence-corrected chi connectivity index (χ2v) is 8.61. The van der Waals surface area contributed by atoms with Crippen molar-refractivity contribution in [3.8, 4) is 0 Å². The van der Waals surface area contributed by atoms with Gasteiger partial charge in [0.05, 0.1) is 12.1 Å². The molecule has 0 rings (SSSR count). The SMILES string of the molecule is CC(=O)NCCCC[C@H](NC(=O)[C@@H](N)C(C)C)C(=O)N[C@@H](CCC(=O)C=[N+]=[N-])C(=O)OC(C)C. The summed E-state index contributed by atoms with van der Waals surface area (Å²) in [6.45, 7) is 8.66. The van der Waals surface area contributed by atoms with E-state index >= 15 is 0 Å². The largest absolute Gasteiger partial charge is 0.461 e. The zero-order valence-corrected chi connectivity index (χ0v) is 20.6. The van der Waals surface area contributed by atoms with Crippen LogP contribution in [0.5, 0.6) is 0 Å². The standard InChI is InChI=1S/C22H38N6O6/c1-13(2)19(23)21(32)27-17(8-6-7-11-25-15(5)29)20(31)28-18(22(33)34-14(3)4)10-9-16(30)12-26-24/h12-14,17-19H,6-11,23H2,1-5H3,(H,25,29)(H,27,32)(H,28,31)/t17-,18-,19-/m0/s1. The van der Waals surface area contributed by atoms with E-state index in [-0.39, 0.29) is 31.1 Å². The van der Waals surface area contributed by atoms with Gasteiger partial charge in [0.1, 0.15) is 12.1 Å². The van der Waals surface area contributed by atoms with Gasteiger partial charge >= 0.3 is 12.2 Å². The maximum Gasteiger partial charge on any atom is 0.328 e. The van der Waals surface area contributed by atoms with Crippen molar-refractivity contribution in [2.45, 2.75) is 91.0 Å². The summed E-state index contributed by atoms with van der Waals surface area (Å²) in [6, 6.07) is -2.96. The summed E-state index contributed by atoms with van der Waals surface area (Å²) in [5.74, 6) is -2.73. The Kier molecular flexibility index (Phi) is 15.0. The molecule has 0 aromatic carbocycles. The van der Waals surface area contributed by atoms with E-state index in [1.165, 1.54) is 6.92 Å². The van der Waals surface area contributed by atoms with Gasteiger partial charge < -0.3 is 32.0 Å². The maximum absolute atomic E-state index is 13.0.